The van der Waals surface area contributed by atoms with Gasteiger partial charge < -0.3 is 4.42 Å². The molecule has 13 heavy (non-hydrogen) atoms. The second kappa shape index (κ2) is 4.85. The molecule has 1 unspecified atom stereocenters. The standard InChI is InChI=1S/C11H17BrO/c1-8(2)10(6-7-12)11-5-4-9(3)13-11/h4-5,8,10H,6-7H2,1-3H3. The van der Waals surface area contributed by atoms with E-state index in [0.29, 0.717) is 11.8 Å². The molecule has 74 valence electrons. The minimum absolute atomic E-state index is 0.549. The lowest BCUT2D eigenvalue weighted by Gasteiger charge is -2.16. The lowest BCUT2D eigenvalue weighted by Crippen LogP contribution is -2.06. The van der Waals surface area contributed by atoms with Gasteiger partial charge in [-0.3, -0.25) is 0 Å². The maximum absolute atomic E-state index is 5.64. The summed E-state index contributed by atoms with van der Waals surface area (Å²) >= 11 is 3.48. The highest BCUT2D eigenvalue weighted by Gasteiger charge is 2.17. The molecule has 0 saturated carbocycles. The summed E-state index contributed by atoms with van der Waals surface area (Å²) in [6.07, 6.45) is 1.14. The predicted molar refractivity (Wildman–Crippen MR) is 59.4 cm³/mol. The predicted octanol–water partition coefficient (Wildman–Crippen LogP) is 4.11. The fourth-order valence-electron chi connectivity index (χ4n) is 1.57. The molecule has 1 atom stereocenters. The lowest BCUT2D eigenvalue weighted by atomic mass is 9.91. The summed E-state index contributed by atoms with van der Waals surface area (Å²) in [5.41, 5.74) is 0. The Hall–Kier alpha value is -0.240. The number of alkyl halides is 1. The molecule has 0 fully saturated rings. The quantitative estimate of drug-likeness (QED) is 0.727. The van der Waals surface area contributed by atoms with Gasteiger partial charge in [0.25, 0.3) is 0 Å². The highest BCUT2D eigenvalue weighted by molar-refractivity contribution is 9.09. The van der Waals surface area contributed by atoms with E-state index in [1.54, 1.807) is 0 Å². The molecule has 0 aliphatic carbocycles. The van der Waals surface area contributed by atoms with Crippen molar-refractivity contribution in [2.75, 3.05) is 5.33 Å². The van der Waals surface area contributed by atoms with E-state index in [4.69, 9.17) is 4.42 Å². The van der Waals surface area contributed by atoms with Gasteiger partial charge in [-0.15, -0.1) is 0 Å². The molecular formula is C11H17BrO. The van der Waals surface area contributed by atoms with Gasteiger partial charge in [-0.25, -0.2) is 0 Å². The van der Waals surface area contributed by atoms with Gasteiger partial charge in [0.05, 0.1) is 0 Å². The maximum Gasteiger partial charge on any atom is 0.107 e. The fraction of sp³-hybridized carbons (Fsp3) is 0.636. The Morgan fingerprint density at radius 2 is 2.08 bits per heavy atom. The van der Waals surface area contributed by atoms with Crippen LogP contribution in [0.25, 0.3) is 0 Å². The van der Waals surface area contributed by atoms with Crippen LogP contribution in [0.15, 0.2) is 16.5 Å². The van der Waals surface area contributed by atoms with Crippen LogP contribution in [0.4, 0.5) is 0 Å². The summed E-state index contributed by atoms with van der Waals surface area (Å²) in [6, 6.07) is 4.14. The molecule has 2 heteroatoms. The Morgan fingerprint density at radius 1 is 1.38 bits per heavy atom. The van der Waals surface area contributed by atoms with Crippen LogP contribution in [0.1, 0.15) is 37.7 Å². The number of hydrogen-bond acceptors (Lipinski definition) is 1. The highest BCUT2D eigenvalue weighted by Crippen LogP contribution is 2.29. The first-order valence-corrected chi connectivity index (χ1v) is 5.89. The summed E-state index contributed by atoms with van der Waals surface area (Å²) < 4.78 is 5.64. The maximum atomic E-state index is 5.64. The molecular weight excluding hydrogens is 228 g/mol. The third-order valence-electron chi connectivity index (χ3n) is 2.35. The molecule has 1 aromatic heterocycles. The van der Waals surface area contributed by atoms with Gasteiger partial charge in [0.2, 0.25) is 0 Å². The van der Waals surface area contributed by atoms with E-state index in [1.165, 1.54) is 0 Å². The van der Waals surface area contributed by atoms with Gasteiger partial charge >= 0.3 is 0 Å². The average molecular weight is 245 g/mol. The number of furan rings is 1. The highest BCUT2D eigenvalue weighted by atomic mass is 79.9. The summed E-state index contributed by atoms with van der Waals surface area (Å²) in [4.78, 5) is 0. The van der Waals surface area contributed by atoms with E-state index in [-0.39, 0.29) is 0 Å². The minimum atomic E-state index is 0.549. The molecule has 0 saturated heterocycles. The smallest absolute Gasteiger partial charge is 0.107 e. The third kappa shape index (κ3) is 2.87. The lowest BCUT2D eigenvalue weighted by molar-refractivity contribution is 0.379. The van der Waals surface area contributed by atoms with E-state index in [0.717, 1.165) is 23.3 Å². The van der Waals surface area contributed by atoms with E-state index in [1.807, 2.05) is 13.0 Å². The van der Waals surface area contributed by atoms with Crippen LogP contribution in [-0.2, 0) is 0 Å². The van der Waals surface area contributed by atoms with E-state index in [9.17, 15) is 0 Å². The van der Waals surface area contributed by atoms with E-state index in [2.05, 4.69) is 35.8 Å². The molecule has 0 aliphatic rings. The van der Waals surface area contributed by atoms with Crippen molar-refractivity contribution in [3.8, 4) is 0 Å². The Kier molecular flexibility index (Phi) is 4.04. The Balaban J connectivity index is 2.75. The first-order valence-electron chi connectivity index (χ1n) is 4.77. The van der Waals surface area contributed by atoms with Crippen LogP contribution in [-0.4, -0.2) is 5.33 Å². The molecule has 0 aliphatic heterocycles. The third-order valence-corrected chi connectivity index (χ3v) is 2.81. The zero-order valence-corrected chi connectivity index (χ0v) is 10.1. The molecule has 0 N–H and O–H groups in total. The van der Waals surface area contributed by atoms with Gasteiger partial charge in [0, 0.05) is 11.2 Å². The van der Waals surface area contributed by atoms with E-state index >= 15 is 0 Å². The van der Waals surface area contributed by atoms with Crippen molar-refractivity contribution in [2.24, 2.45) is 5.92 Å². The average Bonchev–Trinajstić information content (AvgIpc) is 2.46. The number of rotatable bonds is 4. The van der Waals surface area contributed by atoms with E-state index < -0.39 is 0 Å². The molecule has 1 aromatic rings. The van der Waals surface area contributed by atoms with Gasteiger partial charge in [0.15, 0.2) is 0 Å². The van der Waals surface area contributed by atoms with Crippen molar-refractivity contribution in [2.45, 2.75) is 33.1 Å². The molecule has 0 bridgehead atoms. The molecule has 0 aromatic carbocycles. The molecule has 1 nitrogen and oxygen atoms in total. The van der Waals surface area contributed by atoms with Crippen LogP contribution in [0.5, 0.6) is 0 Å². The van der Waals surface area contributed by atoms with Crippen LogP contribution in [0.2, 0.25) is 0 Å². The summed E-state index contributed by atoms with van der Waals surface area (Å²) in [7, 11) is 0. The monoisotopic (exact) mass is 244 g/mol. The molecule has 0 spiro atoms. The van der Waals surface area contributed by atoms with Crippen LogP contribution in [0, 0.1) is 12.8 Å². The topological polar surface area (TPSA) is 13.1 Å². The van der Waals surface area contributed by atoms with Gasteiger partial charge in [0.1, 0.15) is 11.5 Å². The zero-order chi connectivity index (χ0) is 9.84. The summed E-state index contributed by atoms with van der Waals surface area (Å²) in [5, 5.41) is 1.04. The number of hydrogen-bond donors (Lipinski definition) is 0. The first-order chi connectivity index (χ1) is 6.15. The summed E-state index contributed by atoms with van der Waals surface area (Å²) in [6.45, 7) is 6.48. The SMILES string of the molecule is Cc1ccc(C(CCBr)C(C)C)o1. The second-order valence-electron chi connectivity index (χ2n) is 3.78. The van der Waals surface area contributed by atoms with Crippen LogP contribution < -0.4 is 0 Å². The molecule has 1 rings (SSSR count). The number of halogens is 1. The Morgan fingerprint density at radius 3 is 2.46 bits per heavy atom. The van der Waals surface area contributed by atoms with Gasteiger partial charge in [-0.1, -0.05) is 29.8 Å². The first kappa shape index (κ1) is 10.8. The molecule has 1 heterocycles. The largest absolute Gasteiger partial charge is 0.466 e. The van der Waals surface area contributed by atoms with Gasteiger partial charge in [-0.2, -0.15) is 0 Å². The van der Waals surface area contributed by atoms with Crippen molar-refractivity contribution in [3.63, 3.8) is 0 Å². The van der Waals surface area contributed by atoms with Crippen molar-refractivity contribution in [1.82, 2.24) is 0 Å². The zero-order valence-electron chi connectivity index (χ0n) is 8.51. The fourth-order valence-corrected chi connectivity index (χ4v) is 2.07. The summed E-state index contributed by atoms with van der Waals surface area (Å²) in [5.74, 6) is 3.33. The van der Waals surface area contributed by atoms with Crippen LogP contribution >= 0.6 is 15.9 Å². The second-order valence-corrected chi connectivity index (χ2v) is 4.57. The minimum Gasteiger partial charge on any atom is -0.466 e. The van der Waals surface area contributed by atoms with Crippen molar-refractivity contribution >= 4 is 15.9 Å². The molecule has 0 amide bonds. The van der Waals surface area contributed by atoms with Gasteiger partial charge in [-0.05, 0) is 31.4 Å². The van der Waals surface area contributed by atoms with Crippen molar-refractivity contribution < 1.29 is 4.42 Å². The van der Waals surface area contributed by atoms with Crippen molar-refractivity contribution in [1.29, 1.82) is 0 Å². The molecule has 0 radical (unpaired) electrons. The van der Waals surface area contributed by atoms with Crippen molar-refractivity contribution in [3.05, 3.63) is 23.7 Å². The van der Waals surface area contributed by atoms with Crippen LogP contribution in [0.3, 0.4) is 0 Å². The normalized spacial score (nSPS) is 13.6. The Bertz CT molecular complexity index is 252. The Labute approximate surface area is 88.6 Å². The number of aryl methyl sites for hydroxylation is 1.